The largest absolute Gasteiger partial charge is 0.444 e. The Hall–Kier alpha value is -1.91. The second-order valence-corrected chi connectivity index (χ2v) is 6.32. The van der Waals surface area contributed by atoms with Crippen molar-refractivity contribution >= 4 is 15.9 Å². The van der Waals surface area contributed by atoms with E-state index in [-0.39, 0.29) is 0 Å². The molecule has 0 saturated carbocycles. The zero-order valence-electron chi connectivity index (χ0n) is 13.0. The molecule has 1 aromatic heterocycles. The first kappa shape index (κ1) is 16.0. The van der Waals surface area contributed by atoms with Gasteiger partial charge in [-0.3, -0.25) is 0 Å². The number of aromatic nitrogens is 1. The van der Waals surface area contributed by atoms with Gasteiger partial charge in [0, 0.05) is 22.6 Å². The van der Waals surface area contributed by atoms with E-state index >= 15 is 0 Å². The van der Waals surface area contributed by atoms with Gasteiger partial charge in [0.15, 0.2) is 0 Å². The Labute approximate surface area is 144 Å². The number of hydrogen-bond acceptors (Lipinski definition) is 3. The highest BCUT2D eigenvalue weighted by Crippen LogP contribution is 2.22. The fourth-order valence-electron chi connectivity index (χ4n) is 2.52. The summed E-state index contributed by atoms with van der Waals surface area (Å²) in [4.78, 5) is 4.57. The van der Waals surface area contributed by atoms with Crippen LogP contribution in [0.1, 0.15) is 30.6 Å². The van der Waals surface area contributed by atoms with Crippen molar-refractivity contribution in [2.75, 3.05) is 0 Å². The van der Waals surface area contributed by atoms with Gasteiger partial charge in [0.05, 0.1) is 5.69 Å². The minimum atomic E-state index is 0.323. The summed E-state index contributed by atoms with van der Waals surface area (Å²) in [6.45, 7) is 2.87. The maximum atomic E-state index is 5.60. The number of benzene rings is 2. The molecule has 4 heteroatoms. The SMILES string of the molecule is CCC(NCc1coc(-c2ccc(Br)cc2)n1)c1ccccc1. The van der Waals surface area contributed by atoms with E-state index in [0.717, 1.165) is 22.2 Å². The van der Waals surface area contributed by atoms with Crippen LogP contribution in [-0.4, -0.2) is 4.98 Å². The fourth-order valence-corrected chi connectivity index (χ4v) is 2.79. The Morgan fingerprint density at radius 1 is 1.09 bits per heavy atom. The van der Waals surface area contributed by atoms with Crippen LogP contribution in [0.3, 0.4) is 0 Å². The Morgan fingerprint density at radius 2 is 1.83 bits per heavy atom. The molecule has 0 saturated heterocycles. The number of oxazole rings is 1. The molecule has 3 aromatic rings. The summed E-state index contributed by atoms with van der Waals surface area (Å²) in [5, 5.41) is 3.55. The van der Waals surface area contributed by atoms with Crippen molar-refractivity contribution in [1.82, 2.24) is 10.3 Å². The fraction of sp³-hybridized carbons (Fsp3) is 0.211. The van der Waals surface area contributed by atoms with Crippen LogP contribution in [0, 0.1) is 0 Å². The van der Waals surface area contributed by atoms with E-state index < -0.39 is 0 Å². The molecule has 0 aliphatic rings. The van der Waals surface area contributed by atoms with Crippen LogP contribution in [0.4, 0.5) is 0 Å². The van der Waals surface area contributed by atoms with Crippen LogP contribution < -0.4 is 5.32 Å². The number of rotatable bonds is 6. The molecule has 2 aromatic carbocycles. The van der Waals surface area contributed by atoms with Crippen molar-refractivity contribution in [2.24, 2.45) is 0 Å². The molecule has 118 valence electrons. The monoisotopic (exact) mass is 370 g/mol. The zero-order chi connectivity index (χ0) is 16.1. The summed E-state index contributed by atoms with van der Waals surface area (Å²) in [6.07, 6.45) is 2.75. The third-order valence-electron chi connectivity index (χ3n) is 3.78. The van der Waals surface area contributed by atoms with Crippen molar-refractivity contribution in [1.29, 1.82) is 0 Å². The van der Waals surface area contributed by atoms with Crippen molar-refractivity contribution < 1.29 is 4.42 Å². The number of halogens is 1. The molecule has 1 unspecified atom stereocenters. The summed E-state index contributed by atoms with van der Waals surface area (Å²) in [5.74, 6) is 0.655. The lowest BCUT2D eigenvalue weighted by Crippen LogP contribution is -2.20. The molecule has 0 spiro atoms. The second kappa shape index (κ2) is 7.57. The Kier molecular flexibility index (Phi) is 5.26. The molecule has 0 amide bonds. The maximum absolute atomic E-state index is 5.60. The highest BCUT2D eigenvalue weighted by molar-refractivity contribution is 9.10. The normalized spacial score (nSPS) is 12.3. The van der Waals surface area contributed by atoms with Crippen molar-refractivity contribution in [3.63, 3.8) is 0 Å². The first-order chi connectivity index (χ1) is 11.3. The molecule has 3 nitrogen and oxygen atoms in total. The first-order valence-corrected chi connectivity index (χ1v) is 8.54. The average Bonchev–Trinajstić information content (AvgIpc) is 3.06. The lowest BCUT2D eigenvalue weighted by Gasteiger charge is -2.16. The van der Waals surface area contributed by atoms with Gasteiger partial charge >= 0.3 is 0 Å². The van der Waals surface area contributed by atoms with Gasteiger partial charge in [0.2, 0.25) is 5.89 Å². The molecule has 0 aliphatic carbocycles. The predicted molar refractivity (Wildman–Crippen MR) is 96.0 cm³/mol. The standard InChI is InChI=1S/C19H19BrN2O/c1-2-18(14-6-4-3-5-7-14)21-12-17-13-23-19(22-17)15-8-10-16(20)11-9-15/h3-11,13,18,21H,2,12H2,1H3. The van der Waals surface area contributed by atoms with Gasteiger partial charge < -0.3 is 9.73 Å². The number of nitrogens with one attached hydrogen (secondary N) is 1. The number of nitrogens with zero attached hydrogens (tertiary/aromatic N) is 1. The van der Waals surface area contributed by atoms with Crippen LogP contribution in [0.5, 0.6) is 0 Å². The van der Waals surface area contributed by atoms with E-state index in [0.29, 0.717) is 18.5 Å². The van der Waals surface area contributed by atoms with Gasteiger partial charge in [-0.25, -0.2) is 4.98 Å². The maximum Gasteiger partial charge on any atom is 0.226 e. The van der Waals surface area contributed by atoms with Crippen molar-refractivity contribution in [2.45, 2.75) is 25.9 Å². The van der Waals surface area contributed by atoms with Gasteiger partial charge in [-0.05, 0) is 36.2 Å². The van der Waals surface area contributed by atoms with E-state index in [1.165, 1.54) is 5.56 Å². The van der Waals surface area contributed by atoms with Crippen LogP contribution in [0.25, 0.3) is 11.5 Å². The van der Waals surface area contributed by atoms with Gasteiger partial charge in [0.1, 0.15) is 6.26 Å². The molecule has 1 heterocycles. The minimum Gasteiger partial charge on any atom is -0.444 e. The summed E-state index contributed by atoms with van der Waals surface area (Å²) in [5.41, 5.74) is 3.19. The molecular formula is C19H19BrN2O. The van der Waals surface area contributed by atoms with Crippen LogP contribution in [0.15, 0.2) is 69.8 Å². The molecule has 1 N–H and O–H groups in total. The quantitative estimate of drug-likeness (QED) is 0.635. The Bertz CT molecular complexity index is 738. The van der Waals surface area contributed by atoms with Crippen LogP contribution >= 0.6 is 15.9 Å². The second-order valence-electron chi connectivity index (χ2n) is 5.40. The van der Waals surface area contributed by atoms with E-state index in [9.17, 15) is 0 Å². The lowest BCUT2D eigenvalue weighted by atomic mass is 10.0. The Balaban J connectivity index is 1.66. The van der Waals surface area contributed by atoms with Crippen molar-refractivity contribution in [3.8, 4) is 11.5 Å². The molecular weight excluding hydrogens is 352 g/mol. The van der Waals surface area contributed by atoms with E-state index in [1.807, 2.05) is 30.3 Å². The predicted octanol–water partition coefficient (Wildman–Crippen LogP) is 5.35. The van der Waals surface area contributed by atoms with Crippen LogP contribution in [0.2, 0.25) is 0 Å². The van der Waals surface area contributed by atoms with Crippen LogP contribution in [-0.2, 0) is 6.54 Å². The van der Waals surface area contributed by atoms with E-state index in [1.54, 1.807) is 6.26 Å². The number of hydrogen-bond donors (Lipinski definition) is 1. The lowest BCUT2D eigenvalue weighted by molar-refractivity contribution is 0.511. The summed E-state index contributed by atoms with van der Waals surface area (Å²) in [7, 11) is 0. The van der Waals surface area contributed by atoms with E-state index in [2.05, 4.69) is 57.4 Å². The first-order valence-electron chi connectivity index (χ1n) is 7.75. The zero-order valence-corrected chi connectivity index (χ0v) is 14.6. The molecule has 0 fully saturated rings. The topological polar surface area (TPSA) is 38.1 Å². The summed E-state index contributed by atoms with van der Waals surface area (Å²) >= 11 is 3.43. The molecule has 3 rings (SSSR count). The van der Waals surface area contributed by atoms with Gasteiger partial charge in [-0.2, -0.15) is 0 Å². The smallest absolute Gasteiger partial charge is 0.226 e. The highest BCUT2D eigenvalue weighted by atomic mass is 79.9. The van der Waals surface area contributed by atoms with Gasteiger partial charge in [-0.15, -0.1) is 0 Å². The third-order valence-corrected chi connectivity index (χ3v) is 4.31. The Morgan fingerprint density at radius 3 is 2.52 bits per heavy atom. The molecule has 1 atom stereocenters. The third kappa shape index (κ3) is 4.09. The molecule has 23 heavy (non-hydrogen) atoms. The van der Waals surface area contributed by atoms with E-state index in [4.69, 9.17) is 4.42 Å². The van der Waals surface area contributed by atoms with Gasteiger partial charge in [-0.1, -0.05) is 53.2 Å². The molecule has 0 bridgehead atoms. The summed E-state index contributed by atoms with van der Waals surface area (Å²) < 4.78 is 6.64. The highest BCUT2D eigenvalue weighted by Gasteiger charge is 2.11. The average molecular weight is 371 g/mol. The molecule has 0 radical (unpaired) electrons. The summed E-state index contributed by atoms with van der Waals surface area (Å²) in [6, 6.07) is 18.8. The minimum absolute atomic E-state index is 0.323. The van der Waals surface area contributed by atoms with Gasteiger partial charge in [0.25, 0.3) is 0 Å². The molecule has 0 aliphatic heterocycles. The van der Waals surface area contributed by atoms with Crippen molar-refractivity contribution in [3.05, 3.63) is 76.6 Å².